The fraction of sp³-hybridized carbons (Fsp3) is 0.190. The van der Waals surface area contributed by atoms with Crippen molar-refractivity contribution in [3.05, 3.63) is 60.4 Å². The molecule has 0 spiro atoms. The zero-order valence-corrected chi connectivity index (χ0v) is 17.2. The van der Waals surface area contributed by atoms with Crippen LogP contribution in [-0.2, 0) is 4.79 Å². The fourth-order valence-electron chi connectivity index (χ4n) is 2.49. The summed E-state index contributed by atoms with van der Waals surface area (Å²) in [5.74, 6) is 2.14. The van der Waals surface area contributed by atoms with E-state index in [-0.39, 0.29) is 11.7 Å². The third kappa shape index (κ3) is 5.39. The number of ether oxygens (including phenoxy) is 3. The van der Waals surface area contributed by atoms with Crippen LogP contribution < -0.4 is 19.5 Å². The lowest BCUT2D eigenvalue weighted by Crippen LogP contribution is -2.15. The molecular formula is C21H21N3O4S. The molecule has 0 unspecified atom stereocenters. The average Bonchev–Trinajstić information content (AvgIpc) is 2.74. The number of benzene rings is 2. The van der Waals surface area contributed by atoms with Crippen molar-refractivity contribution >= 4 is 23.4 Å². The van der Waals surface area contributed by atoms with E-state index in [9.17, 15) is 4.79 Å². The van der Waals surface area contributed by atoms with Gasteiger partial charge in [0.05, 0.1) is 25.7 Å². The van der Waals surface area contributed by atoms with Gasteiger partial charge in [-0.1, -0.05) is 30.0 Å². The van der Waals surface area contributed by atoms with E-state index in [2.05, 4.69) is 15.3 Å². The van der Waals surface area contributed by atoms with Crippen molar-refractivity contribution in [3.63, 3.8) is 0 Å². The number of aromatic nitrogens is 2. The van der Waals surface area contributed by atoms with Gasteiger partial charge in [-0.05, 0) is 30.7 Å². The minimum atomic E-state index is -0.214. The van der Waals surface area contributed by atoms with Crippen LogP contribution in [0.2, 0.25) is 0 Å². The summed E-state index contributed by atoms with van der Waals surface area (Å²) < 4.78 is 16.4. The maximum Gasteiger partial charge on any atom is 0.252 e. The van der Waals surface area contributed by atoms with E-state index in [0.717, 1.165) is 5.56 Å². The summed E-state index contributed by atoms with van der Waals surface area (Å²) >= 11 is 1.24. The zero-order valence-electron chi connectivity index (χ0n) is 16.3. The molecule has 0 saturated carbocycles. The highest BCUT2D eigenvalue weighted by molar-refractivity contribution is 8.00. The van der Waals surface area contributed by atoms with E-state index in [1.807, 2.05) is 31.2 Å². The number of rotatable bonds is 8. The van der Waals surface area contributed by atoms with Gasteiger partial charge in [-0.2, -0.15) is 0 Å². The second-order valence-electron chi connectivity index (χ2n) is 5.94. The Labute approximate surface area is 173 Å². The average molecular weight is 411 g/mol. The van der Waals surface area contributed by atoms with Gasteiger partial charge < -0.3 is 19.5 Å². The molecule has 1 amide bonds. The quantitative estimate of drug-likeness (QED) is 0.553. The molecule has 0 radical (unpaired) electrons. The number of amides is 1. The number of hydrogen-bond donors (Lipinski definition) is 1. The number of para-hydroxylation sites is 1. The molecule has 1 N–H and O–H groups in total. The van der Waals surface area contributed by atoms with Crippen molar-refractivity contribution in [3.8, 4) is 23.1 Å². The topological polar surface area (TPSA) is 82.6 Å². The van der Waals surface area contributed by atoms with Crippen LogP contribution in [0.1, 0.15) is 5.56 Å². The van der Waals surface area contributed by atoms with Gasteiger partial charge in [0.2, 0.25) is 5.91 Å². The van der Waals surface area contributed by atoms with Crippen LogP contribution in [-0.4, -0.2) is 35.8 Å². The molecule has 1 heterocycles. The predicted molar refractivity (Wildman–Crippen MR) is 112 cm³/mol. The minimum absolute atomic E-state index is 0.128. The SMILES string of the molecule is COc1ccc(OC)c(NC(=O)CSc2nccnc2Oc2ccccc2C)c1. The highest BCUT2D eigenvalue weighted by Crippen LogP contribution is 2.32. The third-order valence-electron chi connectivity index (χ3n) is 3.95. The Morgan fingerprint density at radius 3 is 2.59 bits per heavy atom. The zero-order chi connectivity index (χ0) is 20.6. The summed E-state index contributed by atoms with van der Waals surface area (Å²) in [7, 11) is 3.11. The van der Waals surface area contributed by atoms with Crippen molar-refractivity contribution in [1.29, 1.82) is 0 Å². The van der Waals surface area contributed by atoms with Gasteiger partial charge in [0.15, 0.2) is 5.03 Å². The van der Waals surface area contributed by atoms with Crippen molar-refractivity contribution < 1.29 is 19.0 Å². The van der Waals surface area contributed by atoms with Crippen LogP contribution in [0.3, 0.4) is 0 Å². The van der Waals surface area contributed by atoms with Crippen LogP contribution in [0.4, 0.5) is 5.69 Å². The molecule has 0 aliphatic rings. The number of nitrogens with zero attached hydrogens (tertiary/aromatic N) is 2. The van der Waals surface area contributed by atoms with Crippen molar-refractivity contribution in [1.82, 2.24) is 9.97 Å². The first-order valence-electron chi connectivity index (χ1n) is 8.80. The normalized spacial score (nSPS) is 10.3. The van der Waals surface area contributed by atoms with E-state index < -0.39 is 0 Å². The number of thioether (sulfide) groups is 1. The maximum atomic E-state index is 12.5. The first kappa shape index (κ1) is 20.5. The minimum Gasteiger partial charge on any atom is -0.497 e. The molecule has 7 nitrogen and oxygen atoms in total. The smallest absolute Gasteiger partial charge is 0.252 e. The van der Waals surface area contributed by atoms with E-state index in [1.165, 1.54) is 11.8 Å². The monoisotopic (exact) mass is 411 g/mol. The molecule has 8 heteroatoms. The number of methoxy groups -OCH3 is 2. The molecule has 0 atom stereocenters. The highest BCUT2D eigenvalue weighted by atomic mass is 32.2. The molecule has 1 aromatic heterocycles. The predicted octanol–water partition coefficient (Wildman–Crippen LogP) is 4.33. The van der Waals surface area contributed by atoms with Gasteiger partial charge in [0.1, 0.15) is 17.2 Å². The Kier molecular flexibility index (Phi) is 6.91. The summed E-state index contributed by atoms with van der Waals surface area (Å²) in [6, 6.07) is 12.8. The van der Waals surface area contributed by atoms with Crippen LogP contribution in [0.15, 0.2) is 59.9 Å². The lowest BCUT2D eigenvalue weighted by atomic mass is 10.2. The van der Waals surface area contributed by atoms with Gasteiger partial charge >= 0.3 is 0 Å². The second-order valence-corrected chi connectivity index (χ2v) is 6.90. The van der Waals surface area contributed by atoms with Crippen molar-refractivity contribution in [2.45, 2.75) is 11.9 Å². The van der Waals surface area contributed by atoms with Crippen LogP contribution in [0.25, 0.3) is 0 Å². The lowest BCUT2D eigenvalue weighted by molar-refractivity contribution is -0.113. The van der Waals surface area contributed by atoms with Crippen molar-refractivity contribution in [2.24, 2.45) is 0 Å². The Morgan fingerprint density at radius 2 is 1.83 bits per heavy atom. The summed E-state index contributed by atoms with van der Waals surface area (Å²) in [6.45, 7) is 1.95. The van der Waals surface area contributed by atoms with Crippen molar-refractivity contribution in [2.75, 3.05) is 25.3 Å². The standard InChI is InChI=1S/C21H21N3O4S/c1-14-6-4-5-7-17(14)28-20-21(23-11-10-22-20)29-13-19(25)24-16-12-15(26-2)8-9-18(16)27-3/h4-12H,13H2,1-3H3,(H,24,25). The maximum absolute atomic E-state index is 12.5. The molecule has 0 saturated heterocycles. The third-order valence-corrected chi connectivity index (χ3v) is 4.91. The van der Waals surface area contributed by atoms with Gasteiger partial charge in [-0.15, -0.1) is 0 Å². The number of carbonyl (C=O) groups excluding carboxylic acids is 1. The molecule has 29 heavy (non-hydrogen) atoms. The number of aryl methyl sites for hydroxylation is 1. The lowest BCUT2D eigenvalue weighted by Gasteiger charge is -2.12. The Balaban J connectivity index is 1.68. The first-order chi connectivity index (χ1) is 14.1. The van der Waals surface area contributed by atoms with E-state index in [4.69, 9.17) is 14.2 Å². The summed E-state index contributed by atoms with van der Waals surface area (Å²) in [5, 5.41) is 3.36. The number of carbonyl (C=O) groups is 1. The molecule has 150 valence electrons. The van der Waals surface area contributed by atoms with E-state index in [1.54, 1.807) is 44.8 Å². The Bertz CT molecular complexity index is 997. The summed E-state index contributed by atoms with van der Waals surface area (Å²) in [6.07, 6.45) is 3.12. The van der Waals surface area contributed by atoms with Gasteiger partial charge in [0.25, 0.3) is 5.88 Å². The molecule has 0 aliphatic heterocycles. The van der Waals surface area contributed by atoms with E-state index in [0.29, 0.717) is 33.8 Å². The largest absolute Gasteiger partial charge is 0.497 e. The number of hydrogen-bond acceptors (Lipinski definition) is 7. The van der Waals surface area contributed by atoms with Gasteiger partial charge in [-0.3, -0.25) is 4.79 Å². The van der Waals surface area contributed by atoms with Crippen LogP contribution >= 0.6 is 11.8 Å². The summed E-state index contributed by atoms with van der Waals surface area (Å²) in [5.41, 5.74) is 1.52. The molecule has 0 aliphatic carbocycles. The molecule has 3 rings (SSSR count). The number of anilines is 1. The van der Waals surface area contributed by atoms with E-state index >= 15 is 0 Å². The van der Waals surface area contributed by atoms with Gasteiger partial charge in [0, 0.05) is 18.5 Å². The molecule has 0 bridgehead atoms. The Morgan fingerprint density at radius 1 is 1.03 bits per heavy atom. The van der Waals surface area contributed by atoms with Crippen LogP contribution in [0, 0.1) is 6.92 Å². The first-order valence-corrected chi connectivity index (χ1v) is 9.78. The Hall–Kier alpha value is -3.26. The van der Waals surface area contributed by atoms with Crippen LogP contribution in [0.5, 0.6) is 23.1 Å². The summed E-state index contributed by atoms with van der Waals surface area (Å²) in [4.78, 5) is 21.0. The second kappa shape index (κ2) is 9.79. The highest BCUT2D eigenvalue weighted by Gasteiger charge is 2.14. The molecule has 0 fully saturated rings. The number of nitrogens with one attached hydrogen (secondary N) is 1. The fourth-order valence-corrected chi connectivity index (χ4v) is 3.18. The molecule has 3 aromatic rings. The van der Waals surface area contributed by atoms with Gasteiger partial charge in [-0.25, -0.2) is 9.97 Å². The molecule has 2 aromatic carbocycles. The molecular weight excluding hydrogens is 390 g/mol.